The number of hydrogen-bond donors (Lipinski definition) is 0. The van der Waals surface area contributed by atoms with E-state index in [0.717, 1.165) is 20.6 Å². The zero-order valence-corrected chi connectivity index (χ0v) is 25.8. The molecule has 5 nitrogen and oxygen atoms in total. The summed E-state index contributed by atoms with van der Waals surface area (Å²) in [4.78, 5) is 24.5. The third-order valence-corrected chi connectivity index (χ3v) is 9.95. The lowest BCUT2D eigenvalue weighted by molar-refractivity contribution is -0.147. The van der Waals surface area contributed by atoms with Gasteiger partial charge < -0.3 is 9.16 Å². The van der Waals surface area contributed by atoms with E-state index in [9.17, 15) is 0 Å². The summed E-state index contributed by atoms with van der Waals surface area (Å²) in [6.07, 6.45) is 3.31. The molecule has 0 radical (unpaired) electrons. The number of halogens is 2. The molecule has 4 aromatic rings. The standard InChI is InChI=1S/C30H26BrClN2O3SSi/c1-39(2,3)37-30-27-23(17-22(32)18-34-27)36-29(30,20-12-14-21(31)15-13-20)25(19-9-5-4-6-10-19)26(28(30)35)38-24-11-7-8-16-33-24/h4-18,25-26H,1-3H3/t25-,26-,29+,30+/m1/s1. The maximum atomic E-state index is 15.2. The van der Waals surface area contributed by atoms with Crippen LogP contribution in [-0.2, 0) is 20.4 Å². The summed E-state index contributed by atoms with van der Waals surface area (Å²) in [7, 11) is -2.39. The van der Waals surface area contributed by atoms with Crippen molar-refractivity contribution in [3.63, 3.8) is 0 Å². The average molecular weight is 638 g/mol. The van der Waals surface area contributed by atoms with Gasteiger partial charge in [0.05, 0.1) is 21.2 Å². The minimum Gasteiger partial charge on any atom is -0.476 e. The minimum absolute atomic E-state index is 0.0778. The van der Waals surface area contributed by atoms with Crippen LogP contribution < -0.4 is 4.74 Å². The topological polar surface area (TPSA) is 61.3 Å². The normalized spacial score (nSPS) is 25.7. The van der Waals surface area contributed by atoms with Gasteiger partial charge in [-0.15, -0.1) is 0 Å². The van der Waals surface area contributed by atoms with Crippen LogP contribution in [0.4, 0.5) is 0 Å². The lowest BCUT2D eigenvalue weighted by Crippen LogP contribution is -2.56. The van der Waals surface area contributed by atoms with E-state index in [0.29, 0.717) is 16.5 Å². The fourth-order valence-corrected chi connectivity index (χ4v) is 8.82. The van der Waals surface area contributed by atoms with Gasteiger partial charge in [0.2, 0.25) is 5.60 Å². The van der Waals surface area contributed by atoms with E-state index < -0.39 is 30.7 Å². The number of Topliss-reactive ketones (excluding diaryl/α,β-unsaturated/α-hetero) is 1. The van der Waals surface area contributed by atoms with Crippen LogP contribution in [0.25, 0.3) is 0 Å². The summed E-state index contributed by atoms with van der Waals surface area (Å²) in [5, 5.41) is 0.633. The van der Waals surface area contributed by atoms with Crippen LogP contribution in [0.5, 0.6) is 5.75 Å². The average Bonchev–Trinajstić information content (AvgIpc) is 3.28. The molecule has 1 aliphatic carbocycles. The second kappa shape index (κ2) is 9.85. The summed E-state index contributed by atoms with van der Waals surface area (Å²) in [6, 6.07) is 25.5. The fourth-order valence-electron chi connectivity index (χ4n) is 5.84. The van der Waals surface area contributed by atoms with Crippen LogP contribution in [-0.4, -0.2) is 29.3 Å². The number of nitrogens with zero attached hydrogens (tertiary/aromatic N) is 2. The van der Waals surface area contributed by atoms with E-state index in [1.54, 1.807) is 18.5 Å². The number of ketones is 1. The molecule has 0 spiro atoms. The number of thioether (sulfide) groups is 1. The predicted octanol–water partition coefficient (Wildman–Crippen LogP) is 7.75. The molecule has 4 atom stereocenters. The van der Waals surface area contributed by atoms with Crippen LogP contribution in [0.2, 0.25) is 24.7 Å². The summed E-state index contributed by atoms with van der Waals surface area (Å²) in [5.41, 5.74) is -0.435. The first-order chi connectivity index (χ1) is 18.7. The summed E-state index contributed by atoms with van der Waals surface area (Å²) in [6.45, 7) is 6.27. The quantitative estimate of drug-likeness (QED) is 0.202. The number of ether oxygens (including phenoxy) is 1. The third kappa shape index (κ3) is 4.28. The third-order valence-electron chi connectivity index (χ3n) is 7.07. The van der Waals surface area contributed by atoms with Crippen molar-refractivity contribution in [2.45, 2.75) is 47.0 Å². The van der Waals surface area contributed by atoms with Crippen LogP contribution in [0.3, 0.4) is 0 Å². The molecular weight excluding hydrogens is 612 g/mol. The maximum absolute atomic E-state index is 15.2. The van der Waals surface area contributed by atoms with E-state index >= 15 is 4.79 Å². The van der Waals surface area contributed by atoms with Crippen molar-refractivity contribution < 1.29 is 14.0 Å². The van der Waals surface area contributed by atoms with Crippen LogP contribution in [0.1, 0.15) is 22.7 Å². The highest BCUT2D eigenvalue weighted by Crippen LogP contribution is 2.69. The van der Waals surface area contributed by atoms with Crippen molar-refractivity contribution >= 4 is 53.4 Å². The molecule has 2 aliphatic rings. The first-order valence-corrected chi connectivity index (χ1v) is 18.1. The Morgan fingerprint density at radius 2 is 1.72 bits per heavy atom. The Labute approximate surface area is 246 Å². The highest BCUT2D eigenvalue weighted by atomic mass is 79.9. The number of fused-ring (bicyclic) bond motifs is 3. The number of benzene rings is 2. The molecule has 39 heavy (non-hydrogen) atoms. The Bertz CT molecular complexity index is 1540. The van der Waals surface area contributed by atoms with Gasteiger partial charge in [-0.05, 0) is 55.0 Å². The summed E-state index contributed by atoms with van der Waals surface area (Å²) in [5.74, 6) is -0.0335. The number of carbonyl (C=O) groups excluding carboxylic acids is 1. The van der Waals surface area contributed by atoms with E-state index in [2.05, 4.69) is 52.7 Å². The molecule has 9 heteroatoms. The largest absolute Gasteiger partial charge is 0.476 e. The molecule has 0 N–H and O–H groups in total. The molecule has 198 valence electrons. The molecule has 6 rings (SSSR count). The first kappa shape index (κ1) is 26.7. The van der Waals surface area contributed by atoms with Gasteiger partial charge in [0.25, 0.3) is 0 Å². The predicted molar refractivity (Wildman–Crippen MR) is 160 cm³/mol. The van der Waals surface area contributed by atoms with Crippen molar-refractivity contribution in [1.29, 1.82) is 0 Å². The number of hydrogen-bond acceptors (Lipinski definition) is 6. The monoisotopic (exact) mass is 636 g/mol. The SMILES string of the molecule is C[Si](C)(C)O[C@@]12C(=O)[C@H](Sc3ccccn3)[C@@H](c3ccccc3)[C@]1(c1ccc(Br)cc1)Oc1cc(Cl)cnc12. The van der Waals surface area contributed by atoms with Crippen molar-refractivity contribution in [3.05, 3.63) is 118 Å². The Morgan fingerprint density at radius 1 is 1.00 bits per heavy atom. The molecule has 0 bridgehead atoms. The second-order valence-corrected chi connectivity index (χ2v) is 17.6. The zero-order chi connectivity index (χ0) is 27.4. The molecule has 2 aromatic heterocycles. The van der Waals surface area contributed by atoms with Crippen LogP contribution in [0, 0.1) is 0 Å². The Hall–Kier alpha value is -2.49. The van der Waals surface area contributed by atoms with Gasteiger partial charge in [0.15, 0.2) is 19.7 Å². The molecule has 0 unspecified atom stereocenters. The molecular formula is C30H26BrClN2O3SSi. The van der Waals surface area contributed by atoms with Gasteiger partial charge in [-0.25, -0.2) is 4.98 Å². The van der Waals surface area contributed by atoms with Crippen molar-refractivity contribution in [2.24, 2.45) is 0 Å². The van der Waals surface area contributed by atoms with Gasteiger partial charge in [-0.2, -0.15) is 0 Å². The van der Waals surface area contributed by atoms with E-state index in [4.69, 9.17) is 25.7 Å². The molecule has 0 saturated heterocycles. The smallest absolute Gasteiger partial charge is 0.208 e. The number of aromatic nitrogens is 2. The number of pyridine rings is 2. The zero-order valence-electron chi connectivity index (χ0n) is 21.6. The minimum atomic E-state index is -2.39. The molecule has 1 fully saturated rings. The van der Waals surface area contributed by atoms with E-state index in [1.165, 1.54) is 11.8 Å². The molecule has 2 aromatic carbocycles. The molecule has 0 amide bonds. The van der Waals surface area contributed by atoms with E-state index in [1.807, 2.05) is 60.7 Å². The van der Waals surface area contributed by atoms with Crippen LogP contribution in [0.15, 0.2) is 101 Å². The van der Waals surface area contributed by atoms with Crippen molar-refractivity contribution in [1.82, 2.24) is 9.97 Å². The van der Waals surface area contributed by atoms with Gasteiger partial charge in [-0.1, -0.05) is 87.8 Å². The highest BCUT2D eigenvalue weighted by Gasteiger charge is 2.79. The molecule has 1 aliphatic heterocycles. The maximum Gasteiger partial charge on any atom is 0.208 e. The van der Waals surface area contributed by atoms with Gasteiger partial charge in [-0.3, -0.25) is 9.78 Å². The number of carbonyl (C=O) groups is 1. The second-order valence-electron chi connectivity index (χ2n) is 10.7. The fraction of sp³-hybridized carbons (Fsp3) is 0.233. The summed E-state index contributed by atoms with van der Waals surface area (Å²) < 4.78 is 15.1. The lowest BCUT2D eigenvalue weighted by Gasteiger charge is -2.44. The van der Waals surface area contributed by atoms with Crippen molar-refractivity contribution in [2.75, 3.05) is 0 Å². The highest BCUT2D eigenvalue weighted by molar-refractivity contribution is 9.10. The van der Waals surface area contributed by atoms with Crippen LogP contribution >= 0.6 is 39.3 Å². The van der Waals surface area contributed by atoms with Gasteiger partial charge in [0, 0.05) is 22.9 Å². The Balaban J connectivity index is 1.71. The summed E-state index contributed by atoms with van der Waals surface area (Å²) >= 11 is 11.4. The van der Waals surface area contributed by atoms with E-state index in [-0.39, 0.29) is 5.78 Å². The van der Waals surface area contributed by atoms with Gasteiger partial charge >= 0.3 is 0 Å². The Kier molecular flexibility index (Phi) is 6.75. The number of rotatable bonds is 6. The molecule has 1 saturated carbocycles. The lowest BCUT2D eigenvalue weighted by atomic mass is 9.72. The van der Waals surface area contributed by atoms with Crippen molar-refractivity contribution in [3.8, 4) is 5.75 Å². The Morgan fingerprint density at radius 3 is 2.38 bits per heavy atom. The molecule has 3 heterocycles. The van der Waals surface area contributed by atoms with Gasteiger partial charge in [0.1, 0.15) is 11.4 Å². The first-order valence-electron chi connectivity index (χ1n) is 12.6.